The Kier molecular flexibility index (Phi) is 4.65. The maximum Gasteiger partial charge on any atom is 0.198 e. The fourth-order valence-electron chi connectivity index (χ4n) is 3.13. The Morgan fingerprint density at radius 1 is 0.875 bits per heavy atom. The van der Waals surface area contributed by atoms with Crippen molar-refractivity contribution in [1.29, 1.82) is 0 Å². The molecule has 0 saturated carbocycles. The second-order valence-corrected chi connectivity index (χ2v) is 6.07. The van der Waals surface area contributed by atoms with Crippen LogP contribution < -0.4 is 5.32 Å². The van der Waals surface area contributed by atoms with Gasteiger partial charge in [0.1, 0.15) is 5.75 Å². The zero-order chi connectivity index (χ0) is 17.1. The molecule has 0 saturated heterocycles. The highest BCUT2D eigenvalue weighted by atomic mass is 16.3. The smallest absolute Gasteiger partial charge is 0.198 e. The van der Waals surface area contributed by atoms with Crippen molar-refractivity contribution in [3.63, 3.8) is 0 Å². The summed E-state index contributed by atoms with van der Waals surface area (Å²) < 4.78 is 0. The van der Waals surface area contributed by atoms with Crippen molar-refractivity contribution >= 4 is 17.3 Å². The van der Waals surface area contributed by atoms with Crippen LogP contribution in [0, 0.1) is 0 Å². The summed E-state index contributed by atoms with van der Waals surface area (Å²) in [5, 5.41) is 13.4. The summed E-state index contributed by atoms with van der Waals surface area (Å²) in [4.78, 5) is 25.6. The van der Waals surface area contributed by atoms with E-state index in [1.54, 1.807) is 30.3 Å². The zero-order valence-electron chi connectivity index (χ0n) is 13.8. The van der Waals surface area contributed by atoms with Gasteiger partial charge < -0.3 is 10.4 Å². The summed E-state index contributed by atoms with van der Waals surface area (Å²) in [6.07, 6.45) is 4.47. The van der Waals surface area contributed by atoms with Crippen LogP contribution in [0.15, 0.2) is 36.4 Å². The molecule has 2 aromatic rings. The van der Waals surface area contributed by atoms with Gasteiger partial charge in [0.05, 0.1) is 11.1 Å². The van der Waals surface area contributed by atoms with Crippen molar-refractivity contribution in [2.24, 2.45) is 0 Å². The summed E-state index contributed by atoms with van der Waals surface area (Å²) in [7, 11) is 0. The van der Waals surface area contributed by atoms with Crippen LogP contribution in [0.5, 0.6) is 5.75 Å². The minimum Gasteiger partial charge on any atom is -0.507 e. The molecular formula is C20H21NO3. The van der Waals surface area contributed by atoms with E-state index in [0.29, 0.717) is 16.8 Å². The number of ketones is 2. The average molecular weight is 323 g/mol. The predicted octanol–water partition coefficient (Wildman–Crippen LogP) is 4.16. The van der Waals surface area contributed by atoms with Crippen LogP contribution in [0.25, 0.3) is 0 Å². The first-order chi connectivity index (χ1) is 11.6. The molecule has 0 radical (unpaired) electrons. The first-order valence-corrected chi connectivity index (χ1v) is 8.43. The molecule has 24 heavy (non-hydrogen) atoms. The second-order valence-electron chi connectivity index (χ2n) is 6.07. The molecule has 0 aromatic heterocycles. The quantitative estimate of drug-likeness (QED) is 0.528. The maximum atomic E-state index is 12.9. The maximum absolute atomic E-state index is 12.9. The number of unbranched alkanes of at least 4 members (excludes halogenated alkanes) is 3. The molecule has 0 bridgehead atoms. The molecule has 0 fully saturated rings. The highest BCUT2D eigenvalue weighted by Crippen LogP contribution is 2.36. The molecule has 4 nitrogen and oxygen atoms in total. The topological polar surface area (TPSA) is 66.4 Å². The van der Waals surface area contributed by atoms with E-state index in [-0.39, 0.29) is 28.4 Å². The lowest BCUT2D eigenvalue weighted by atomic mass is 9.82. The van der Waals surface area contributed by atoms with E-state index in [9.17, 15) is 14.7 Å². The third-order valence-corrected chi connectivity index (χ3v) is 4.40. The molecule has 0 unspecified atom stereocenters. The van der Waals surface area contributed by atoms with Crippen molar-refractivity contribution in [2.45, 2.75) is 32.6 Å². The van der Waals surface area contributed by atoms with E-state index in [1.165, 1.54) is 18.9 Å². The van der Waals surface area contributed by atoms with Gasteiger partial charge in [-0.2, -0.15) is 0 Å². The lowest BCUT2D eigenvalue weighted by Crippen LogP contribution is -2.22. The summed E-state index contributed by atoms with van der Waals surface area (Å²) in [5.41, 5.74) is 1.76. The fraction of sp³-hybridized carbons (Fsp3) is 0.300. The number of fused-ring (bicyclic) bond motifs is 2. The summed E-state index contributed by atoms with van der Waals surface area (Å²) >= 11 is 0. The van der Waals surface area contributed by atoms with Crippen molar-refractivity contribution in [3.8, 4) is 5.75 Å². The largest absolute Gasteiger partial charge is 0.507 e. The van der Waals surface area contributed by atoms with E-state index in [1.807, 2.05) is 0 Å². The normalized spacial score (nSPS) is 12.7. The van der Waals surface area contributed by atoms with Gasteiger partial charge in [-0.25, -0.2) is 0 Å². The van der Waals surface area contributed by atoms with Gasteiger partial charge in [-0.3, -0.25) is 9.59 Å². The number of aromatic hydroxyl groups is 1. The van der Waals surface area contributed by atoms with Gasteiger partial charge in [0.2, 0.25) is 0 Å². The average Bonchev–Trinajstić information content (AvgIpc) is 2.60. The monoisotopic (exact) mass is 323 g/mol. The summed E-state index contributed by atoms with van der Waals surface area (Å²) in [6.45, 7) is 2.89. The Hall–Kier alpha value is -2.62. The molecule has 3 rings (SSSR count). The van der Waals surface area contributed by atoms with E-state index >= 15 is 0 Å². The second kappa shape index (κ2) is 6.87. The fourth-order valence-corrected chi connectivity index (χ4v) is 3.13. The van der Waals surface area contributed by atoms with Crippen LogP contribution >= 0.6 is 0 Å². The molecular weight excluding hydrogens is 302 g/mol. The number of carbonyl (C=O) groups is 2. The molecule has 0 heterocycles. The number of nitrogens with one attached hydrogen (secondary N) is 1. The first kappa shape index (κ1) is 16.2. The number of hydrogen-bond acceptors (Lipinski definition) is 4. The lowest BCUT2D eigenvalue weighted by molar-refractivity contribution is 0.0977. The minimum atomic E-state index is -0.299. The first-order valence-electron chi connectivity index (χ1n) is 8.43. The highest BCUT2D eigenvalue weighted by Gasteiger charge is 2.33. The van der Waals surface area contributed by atoms with Gasteiger partial charge in [-0.05, 0) is 18.6 Å². The number of benzene rings is 2. The van der Waals surface area contributed by atoms with Gasteiger partial charge in [-0.1, -0.05) is 50.5 Å². The standard InChI is InChI=1S/C20H21NO3/c1-2-3-4-7-12-21-15-10-11-16(22)18-17(15)19(23)13-8-5-6-9-14(13)20(18)24/h5-6,8-11,21-22H,2-4,7,12H2,1H3. The van der Waals surface area contributed by atoms with E-state index in [2.05, 4.69) is 12.2 Å². The molecule has 2 N–H and O–H groups in total. The number of hydrogen-bond donors (Lipinski definition) is 2. The van der Waals surface area contributed by atoms with Crippen molar-refractivity contribution in [1.82, 2.24) is 0 Å². The van der Waals surface area contributed by atoms with Crippen LogP contribution in [0.1, 0.15) is 64.4 Å². The predicted molar refractivity (Wildman–Crippen MR) is 94.0 cm³/mol. The summed E-state index contributed by atoms with van der Waals surface area (Å²) in [6, 6.07) is 9.91. The SMILES string of the molecule is CCCCCCNc1ccc(O)c2c1C(=O)c1ccccc1C2=O. The third-order valence-electron chi connectivity index (χ3n) is 4.40. The van der Waals surface area contributed by atoms with Gasteiger partial charge in [0.15, 0.2) is 11.6 Å². The van der Waals surface area contributed by atoms with Gasteiger partial charge in [0, 0.05) is 23.4 Å². The van der Waals surface area contributed by atoms with Gasteiger partial charge in [0.25, 0.3) is 0 Å². The van der Waals surface area contributed by atoms with E-state index < -0.39 is 0 Å². The van der Waals surface area contributed by atoms with Crippen LogP contribution in [0.2, 0.25) is 0 Å². The molecule has 0 amide bonds. The molecule has 0 aliphatic heterocycles. The molecule has 1 aliphatic carbocycles. The number of phenolic OH excluding ortho intramolecular Hbond substituents is 1. The van der Waals surface area contributed by atoms with Crippen LogP contribution in [0.3, 0.4) is 0 Å². The Bertz CT molecular complexity index is 795. The number of rotatable bonds is 6. The van der Waals surface area contributed by atoms with Gasteiger partial charge in [-0.15, -0.1) is 0 Å². The Labute approximate surface area is 141 Å². The summed E-state index contributed by atoms with van der Waals surface area (Å²) in [5.74, 6) is -0.658. The Morgan fingerprint density at radius 2 is 1.54 bits per heavy atom. The van der Waals surface area contributed by atoms with E-state index in [0.717, 1.165) is 19.4 Å². The van der Waals surface area contributed by atoms with Crippen molar-refractivity contribution in [2.75, 3.05) is 11.9 Å². The Balaban J connectivity index is 1.95. The third kappa shape index (κ3) is 2.80. The van der Waals surface area contributed by atoms with Gasteiger partial charge >= 0.3 is 0 Å². The molecule has 4 heteroatoms. The minimum absolute atomic E-state index is 0.109. The molecule has 0 atom stereocenters. The number of carbonyl (C=O) groups excluding carboxylic acids is 2. The zero-order valence-corrected chi connectivity index (χ0v) is 13.8. The molecule has 2 aromatic carbocycles. The molecule has 0 spiro atoms. The molecule has 1 aliphatic rings. The highest BCUT2D eigenvalue weighted by molar-refractivity contribution is 6.31. The van der Waals surface area contributed by atoms with Crippen LogP contribution in [-0.4, -0.2) is 23.2 Å². The van der Waals surface area contributed by atoms with Crippen molar-refractivity contribution in [3.05, 3.63) is 58.7 Å². The number of anilines is 1. The van der Waals surface area contributed by atoms with Crippen LogP contribution in [-0.2, 0) is 0 Å². The van der Waals surface area contributed by atoms with Crippen molar-refractivity contribution < 1.29 is 14.7 Å². The molecule has 124 valence electrons. The van der Waals surface area contributed by atoms with Crippen LogP contribution in [0.4, 0.5) is 5.69 Å². The lowest BCUT2D eigenvalue weighted by Gasteiger charge is -2.21. The van der Waals surface area contributed by atoms with E-state index in [4.69, 9.17) is 0 Å². The Morgan fingerprint density at radius 3 is 2.21 bits per heavy atom. The number of phenols is 1.